The Morgan fingerprint density at radius 3 is 0.917 bits per heavy atom. The van der Waals surface area contributed by atoms with E-state index < -0.39 is 0 Å². The lowest BCUT2D eigenvalue weighted by molar-refractivity contribution is 0.00771. The summed E-state index contributed by atoms with van der Waals surface area (Å²) < 4.78 is 44.4. The number of hydrogen-bond donors (Lipinski definition) is 0. The van der Waals surface area contributed by atoms with Crippen molar-refractivity contribution < 1.29 is 37.9 Å². The quantitative estimate of drug-likeness (QED) is 0.166. The van der Waals surface area contributed by atoms with Gasteiger partial charge in [-0.3, -0.25) is 0 Å². The molecular formula is C28H50O8. The molecule has 0 aliphatic heterocycles. The van der Waals surface area contributed by atoms with Crippen LogP contribution in [0.25, 0.3) is 0 Å². The predicted octanol–water partition coefficient (Wildman–Crippen LogP) is 4.64. The fraction of sp³-hybridized carbons (Fsp3) is 0.786. The zero-order chi connectivity index (χ0) is 26.1. The molecule has 0 aliphatic rings. The van der Waals surface area contributed by atoms with Gasteiger partial charge in [0.05, 0.1) is 66.1 Å². The van der Waals surface area contributed by atoms with Crippen LogP contribution in [0.2, 0.25) is 0 Å². The normalized spacial score (nSPS) is 11.5. The van der Waals surface area contributed by atoms with Crippen LogP contribution in [-0.2, 0) is 28.4 Å². The van der Waals surface area contributed by atoms with Crippen molar-refractivity contribution in [3.05, 3.63) is 24.3 Å². The molecule has 0 radical (unpaired) electrons. The summed E-state index contributed by atoms with van der Waals surface area (Å²) in [7, 11) is 0. The monoisotopic (exact) mass is 514 g/mol. The molecule has 8 nitrogen and oxygen atoms in total. The van der Waals surface area contributed by atoms with Gasteiger partial charge in [0, 0.05) is 13.2 Å². The molecule has 0 amide bonds. The second-order valence-electron chi connectivity index (χ2n) is 9.21. The first-order valence-electron chi connectivity index (χ1n) is 13.4. The van der Waals surface area contributed by atoms with Gasteiger partial charge in [-0.05, 0) is 48.9 Å². The number of benzene rings is 1. The van der Waals surface area contributed by atoms with Crippen molar-refractivity contribution in [1.29, 1.82) is 0 Å². The van der Waals surface area contributed by atoms with E-state index in [1.54, 1.807) is 0 Å². The van der Waals surface area contributed by atoms with E-state index in [4.69, 9.17) is 37.9 Å². The van der Waals surface area contributed by atoms with Gasteiger partial charge in [0.15, 0.2) is 0 Å². The second-order valence-corrected chi connectivity index (χ2v) is 9.21. The molecule has 0 aromatic heterocycles. The summed E-state index contributed by atoms with van der Waals surface area (Å²) in [6, 6.07) is 7.54. The molecule has 0 bridgehead atoms. The highest BCUT2D eigenvalue weighted by Crippen LogP contribution is 2.17. The summed E-state index contributed by atoms with van der Waals surface area (Å²) in [6.07, 6.45) is 2.17. The van der Waals surface area contributed by atoms with Crippen LogP contribution < -0.4 is 9.47 Å². The molecule has 1 aromatic carbocycles. The number of rotatable bonds is 26. The van der Waals surface area contributed by atoms with E-state index in [9.17, 15) is 0 Å². The molecule has 0 aliphatic carbocycles. The summed E-state index contributed by atoms with van der Waals surface area (Å²) in [5, 5.41) is 0. The summed E-state index contributed by atoms with van der Waals surface area (Å²) in [4.78, 5) is 0. The average molecular weight is 515 g/mol. The summed E-state index contributed by atoms with van der Waals surface area (Å²) >= 11 is 0. The van der Waals surface area contributed by atoms with Crippen LogP contribution in [0.3, 0.4) is 0 Å². The van der Waals surface area contributed by atoms with E-state index in [0.29, 0.717) is 91.1 Å². The fourth-order valence-corrected chi connectivity index (χ4v) is 2.79. The molecule has 210 valence electrons. The third-order valence-electron chi connectivity index (χ3n) is 4.98. The van der Waals surface area contributed by atoms with Gasteiger partial charge in [-0.25, -0.2) is 0 Å². The summed E-state index contributed by atoms with van der Waals surface area (Å²) in [6.45, 7) is 17.0. The minimum absolute atomic E-state index is 0.485. The Hall–Kier alpha value is -1.42. The molecule has 8 heteroatoms. The smallest absolute Gasteiger partial charge is 0.119 e. The Balaban J connectivity index is 1.87. The largest absolute Gasteiger partial charge is 0.491 e. The first-order valence-corrected chi connectivity index (χ1v) is 13.4. The molecule has 0 atom stereocenters. The molecule has 0 unspecified atom stereocenters. The molecule has 0 saturated heterocycles. The van der Waals surface area contributed by atoms with Crippen LogP contribution in [-0.4, -0.2) is 92.5 Å². The van der Waals surface area contributed by atoms with Crippen LogP contribution in [0.5, 0.6) is 11.5 Å². The van der Waals surface area contributed by atoms with Crippen LogP contribution in [0.1, 0.15) is 40.5 Å². The predicted molar refractivity (Wildman–Crippen MR) is 141 cm³/mol. The summed E-state index contributed by atoms with van der Waals surface area (Å²) in [5.41, 5.74) is 0. The number of ether oxygens (including phenoxy) is 8. The maximum absolute atomic E-state index is 5.69. The van der Waals surface area contributed by atoms with Gasteiger partial charge in [0.1, 0.15) is 24.7 Å². The van der Waals surface area contributed by atoms with E-state index in [-0.39, 0.29) is 0 Å². The van der Waals surface area contributed by atoms with Crippen molar-refractivity contribution in [2.75, 3.05) is 92.5 Å². The molecule has 0 heterocycles. The molecule has 0 saturated carbocycles. The van der Waals surface area contributed by atoms with E-state index in [2.05, 4.69) is 27.7 Å². The van der Waals surface area contributed by atoms with Crippen LogP contribution >= 0.6 is 0 Å². The van der Waals surface area contributed by atoms with E-state index >= 15 is 0 Å². The van der Waals surface area contributed by atoms with Crippen molar-refractivity contribution in [3.8, 4) is 11.5 Å². The Morgan fingerprint density at radius 2 is 0.639 bits per heavy atom. The Morgan fingerprint density at radius 1 is 0.389 bits per heavy atom. The third-order valence-corrected chi connectivity index (χ3v) is 4.98. The van der Waals surface area contributed by atoms with Crippen LogP contribution in [0, 0.1) is 11.8 Å². The first kappa shape index (κ1) is 32.6. The van der Waals surface area contributed by atoms with Crippen molar-refractivity contribution in [2.45, 2.75) is 40.5 Å². The second kappa shape index (κ2) is 23.9. The molecule has 36 heavy (non-hydrogen) atoms. The Kier molecular flexibility index (Phi) is 21.7. The number of hydrogen-bond acceptors (Lipinski definition) is 8. The zero-order valence-electron chi connectivity index (χ0n) is 23.0. The van der Waals surface area contributed by atoms with Crippen LogP contribution in [0.15, 0.2) is 24.3 Å². The first-order chi connectivity index (χ1) is 17.6. The maximum Gasteiger partial charge on any atom is 0.119 e. The lowest BCUT2D eigenvalue weighted by Crippen LogP contribution is -2.13. The molecule has 1 aromatic rings. The van der Waals surface area contributed by atoms with Crippen molar-refractivity contribution >= 4 is 0 Å². The highest BCUT2D eigenvalue weighted by Gasteiger charge is 1.99. The molecule has 0 fully saturated rings. The molecular weight excluding hydrogens is 464 g/mol. The Labute approximate surface area is 218 Å². The minimum atomic E-state index is 0.485. The molecule has 0 N–H and O–H groups in total. The highest BCUT2D eigenvalue weighted by atomic mass is 16.6. The zero-order valence-corrected chi connectivity index (χ0v) is 23.0. The van der Waals surface area contributed by atoms with E-state index in [1.165, 1.54) is 0 Å². The Bertz CT molecular complexity index is 528. The lowest BCUT2D eigenvalue weighted by Gasteiger charge is -2.10. The van der Waals surface area contributed by atoms with E-state index in [1.807, 2.05) is 24.3 Å². The van der Waals surface area contributed by atoms with Crippen LogP contribution in [0.4, 0.5) is 0 Å². The SMILES string of the molecule is CC(C)CCOCCOCCOCCOc1ccc(OCCOCCOCCOCCC(C)C)cc1. The molecule has 1 rings (SSSR count). The van der Waals surface area contributed by atoms with Gasteiger partial charge in [-0.1, -0.05) is 27.7 Å². The van der Waals surface area contributed by atoms with Crippen molar-refractivity contribution in [3.63, 3.8) is 0 Å². The van der Waals surface area contributed by atoms with Gasteiger partial charge < -0.3 is 37.9 Å². The topological polar surface area (TPSA) is 73.8 Å². The average Bonchev–Trinajstić information content (AvgIpc) is 2.85. The lowest BCUT2D eigenvalue weighted by atomic mass is 10.1. The minimum Gasteiger partial charge on any atom is -0.491 e. The van der Waals surface area contributed by atoms with Gasteiger partial charge in [0.25, 0.3) is 0 Å². The summed E-state index contributed by atoms with van der Waals surface area (Å²) in [5.74, 6) is 2.90. The highest BCUT2D eigenvalue weighted by molar-refractivity contribution is 5.31. The maximum atomic E-state index is 5.69. The van der Waals surface area contributed by atoms with Gasteiger partial charge in [-0.15, -0.1) is 0 Å². The van der Waals surface area contributed by atoms with Gasteiger partial charge in [0.2, 0.25) is 0 Å². The van der Waals surface area contributed by atoms with Crippen molar-refractivity contribution in [2.24, 2.45) is 11.8 Å². The van der Waals surface area contributed by atoms with E-state index in [0.717, 1.165) is 37.6 Å². The fourth-order valence-electron chi connectivity index (χ4n) is 2.79. The van der Waals surface area contributed by atoms with Crippen molar-refractivity contribution in [1.82, 2.24) is 0 Å². The third kappa shape index (κ3) is 21.8. The molecule has 0 spiro atoms. The van der Waals surface area contributed by atoms with Gasteiger partial charge >= 0.3 is 0 Å². The van der Waals surface area contributed by atoms with Gasteiger partial charge in [-0.2, -0.15) is 0 Å². The standard InChI is InChI=1S/C28H50O8/c1-25(2)9-11-29-13-15-31-17-19-33-21-23-35-27-5-7-28(8-6-27)36-24-22-34-20-18-32-16-14-30-12-10-26(3)4/h5-8,25-26H,9-24H2,1-4H3.